The molecule has 1 saturated carbocycles. The Kier molecular flexibility index (Phi) is 3.49. The number of aromatic amines is 1. The van der Waals surface area contributed by atoms with Gasteiger partial charge in [0.25, 0.3) is 0 Å². The average Bonchev–Trinajstić information content (AvgIpc) is 2.87. The molecule has 0 bridgehead atoms. The SMILES string of the molecule is CCC1(C(Br)Cc2ncc[nH]2)CCCC1. The van der Waals surface area contributed by atoms with Crippen LogP contribution >= 0.6 is 15.9 Å². The predicted molar refractivity (Wildman–Crippen MR) is 66.2 cm³/mol. The van der Waals surface area contributed by atoms with Crippen molar-refractivity contribution in [2.75, 3.05) is 0 Å². The van der Waals surface area contributed by atoms with Crippen LogP contribution in [-0.2, 0) is 6.42 Å². The van der Waals surface area contributed by atoms with Crippen LogP contribution in [0.2, 0.25) is 0 Å². The van der Waals surface area contributed by atoms with Crippen molar-refractivity contribution in [1.82, 2.24) is 9.97 Å². The number of halogens is 1. The minimum absolute atomic E-state index is 0.521. The number of nitrogens with one attached hydrogen (secondary N) is 1. The molecule has 1 aromatic heterocycles. The second kappa shape index (κ2) is 4.69. The molecule has 15 heavy (non-hydrogen) atoms. The van der Waals surface area contributed by atoms with E-state index in [1.807, 2.05) is 12.4 Å². The predicted octanol–water partition coefficient (Wildman–Crippen LogP) is 3.69. The summed E-state index contributed by atoms with van der Waals surface area (Å²) in [5, 5.41) is 0. The summed E-state index contributed by atoms with van der Waals surface area (Å²) < 4.78 is 0. The van der Waals surface area contributed by atoms with E-state index >= 15 is 0 Å². The van der Waals surface area contributed by atoms with Crippen molar-refractivity contribution in [3.05, 3.63) is 18.2 Å². The largest absolute Gasteiger partial charge is 0.349 e. The lowest BCUT2D eigenvalue weighted by atomic mass is 9.79. The van der Waals surface area contributed by atoms with Gasteiger partial charge in [-0.15, -0.1) is 0 Å². The van der Waals surface area contributed by atoms with E-state index in [4.69, 9.17) is 0 Å². The van der Waals surface area contributed by atoms with E-state index in [1.54, 1.807) is 0 Å². The number of nitrogens with zero attached hydrogens (tertiary/aromatic N) is 1. The number of imidazole rings is 1. The summed E-state index contributed by atoms with van der Waals surface area (Å²) in [5.41, 5.74) is 0.521. The van der Waals surface area contributed by atoms with Crippen LogP contribution in [0, 0.1) is 5.41 Å². The van der Waals surface area contributed by atoms with Gasteiger partial charge in [-0.2, -0.15) is 0 Å². The maximum Gasteiger partial charge on any atom is 0.107 e. The van der Waals surface area contributed by atoms with E-state index in [0.717, 1.165) is 12.2 Å². The van der Waals surface area contributed by atoms with Gasteiger partial charge in [-0.25, -0.2) is 4.98 Å². The number of hydrogen-bond acceptors (Lipinski definition) is 1. The Labute approximate surface area is 100 Å². The molecular formula is C12H19BrN2. The minimum Gasteiger partial charge on any atom is -0.349 e. The molecule has 84 valence electrons. The molecule has 1 fully saturated rings. The van der Waals surface area contributed by atoms with Crippen molar-refractivity contribution in [3.63, 3.8) is 0 Å². The third kappa shape index (κ3) is 2.27. The maximum absolute atomic E-state index is 4.31. The fraction of sp³-hybridized carbons (Fsp3) is 0.750. The van der Waals surface area contributed by atoms with Crippen LogP contribution in [0.3, 0.4) is 0 Å². The summed E-state index contributed by atoms with van der Waals surface area (Å²) in [6, 6.07) is 0. The lowest BCUT2D eigenvalue weighted by molar-refractivity contribution is 0.274. The van der Waals surface area contributed by atoms with Crippen LogP contribution in [0.25, 0.3) is 0 Å². The van der Waals surface area contributed by atoms with Crippen LogP contribution < -0.4 is 0 Å². The van der Waals surface area contributed by atoms with E-state index in [1.165, 1.54) is 32.1 Å². The molecule has 0 amide bonds. The lowest BCUT2D eigenvalue weighted by Crippen LogP contribution is -2.29. The molecule has 1 N–H and O–H groups in total. The number of aromatic nitrogens is 2. The molecular weight excluding hydrogens is 252 g/mol. The number of hydrogen-bond donors (Lipinski definition) is 1. The normalized spacial score (nSPS) is 21.7. The van der Waals surface area contributed by atoms with Gasteiger partial charge in [0.15, 0.2) is 0 Å². The van der Waals surface area contributed by atoms with Gasteiger partial charge in [0.2, 0.25) is 0 Å². The lowest BCUT2D eigenvalue weighted by Gasteiger charge is -2.32. The van der Waals surface area contributed by atoms with Crippen LogP contribution in [0.5, 0.6) is 0 Å². The molecule has 1 aromatic rings. The zero-order valence-corrected chi connectivity index (χ0v) is 10.9. The Morgan fingerprint density at radius 1 is 1.53 bits per heavy atom. The van der Waals surface area contributed by atoms with Crippen molar-refractivity contribution in [3.8, 4) is 0 Å². The molecule has 1 unspecified atom stereocenters. The number of H-pyrrole nitrogens is 1. The molecule has 3 heteroatoms. The summed E-state index contributed by atoms with van der Waals surface area (Å²) in [6.45, 7) is 2.32. The summed E-state index contributed by atoms with van der Waals surface area (Å²) in [7, 11) is 0. The van der Waals surface area contributed by atoms with Crippen molar-refractivity contribution in [2.24, 2.45) is 5.41 Å². The highest BCUT2D eigenvalue weighted by atomic mass is 79.9. The molecule has 1 aliphatic rings. The molecule has 2 nitrogen and oxygen atoms in total. The Hall–Kier alpha value is -0.310. The van der Waals surface area contributed by atoms with Crippen LogP contribution in [0.4, 0.5) is 0 Å². The van der Waals surface area contributed by atoms with Crippen molar-refractivity contribution in [2.45, 2.75) is 50.3 Å². The average molecular weight is 271 g/mol. The molecule has 0 saturated heterocycles. The first-order valence-corrected chi connectivity index (χ1v) is 6.81. The Bertz CT molecular complexity index is 289. The quantitative estimate of drug-likeness (QED) is 0.831. The Morgan fingerprint density at radius 3 is 2.80 bits per heavy atom. The van der Waals surface area contributed by atoms with Crippen molar-refractivity contribution in [1.29, 1.82) is 0 Å². The topological polar surface area (TPSA) is 28.7 Å². The first kappa shape index (κ1) is 11.2. The zero-order valence-electron chi connectivity index (χ0n) is 9.30. The fourth-order valence-electron chi connectivity index (χ4n) is 2.76. The van der Waals surface area contributed by atoms with Gasteiger partial charge in [0.1, 0.15) is 5.82 Å². The first-order valence-electron chi connectivity index (χ1n) is 5.89. The molecule has 0 aliphatic heterocycles. The first-order chi connectivity index (χ1) is 7.27. The van der Waals surface area contributed by atoms with Crippen molar-refractivity contribution >= 4 is 15.9 Å². The fourth-order valence-corrected chi connectivity index (χ4v) is 3.85. The monoisotopic (exact) mass is 270 g/mol. The van der Waals surface area contributed by atoms with Crippen LogP contribution in [0.1, 0.15) is 44.9 Å². The van der Waals surface area contributed by atoms with Gasteiger partial charge in [0.05, 0.1) is 0 Å². The Balaban J connectivity index is 2.02. The van der Waals surface area contributed by atoms with Gasteiger partial charge < -0.3 is 4.98 Å². The second-order valence-corrected chi connectivity index (χ2v) is 5.74. The molecule has 2 rings (SSSR count). The molecule has 1 heterocycles. The molecule has 0 radical (unpaired) electrons. The molecule has 0 spiro atoms. The van der Waals surface area contributed by atoms with E-state index in [0.29, 0.717) is 10.2 Å². The van der Waals surface area contributed by atoms with Crippen LogP contribution in [0.15, 0.2) is 12.4 Å². The highest BCUT2D eigenvalue weighted by molar-refractivity contribution is 9.09. The Morgan fingerprint density at radius 2 is 2.27 bits per heavy atom. The van der Waals surface area contributed by atoms with E-state index in [-0.39, 0.29) is 0 Å². The van der Waals surface area contributed by atoms with E-state index in [2.05, 4.69) is 32.8 Å². The third-order valence-electron chi connectivity index (χ3n) is 3.90. The summed E-state index contributed by atoms with van der Waals surface area (Å²) in [5.74, 6) is 1.11. The van der Waals surface area contributed by atoms with Gasteiger partial charge in [-0.05, 0) is 24.7 Å². The van der Waals surface area contributed by atoms with Crippen LogP contribution in [-0.4, -0.2) is 14.8 Å². The third-order valence-corrected chi connectivity index (χ3v) is 5.19. The van der Waals surface area contributed by atoms with Gasteiger partial charge in [-0.1, -0.05) is 35.7 Å². The molecule has 1 atom stereocenters. The van der Waals surface area contributed by atoms with Gasteiger partial charge in [-0.3, -0.25) is 0 Å². The summed E-state index contributed by atoms with van der Waals surface area (Å²) in [6.07, 6.45) is 11.6. The minimum atomic E-state index is 0.521. The zero-order chi connectivity index (χ0) is 10.7. The van der Waals surface area contributed by atoms with Crippen molar-refractivity contribution < 1.29 is 0 Å². The smallest absolute Gasteiger partial charge is 0.107 e. The number of rotatable bonds is 4. The maximum atomic E-state index is 4.31. The van der Waals surface area contributed by atoms with Gasteiger partial charge in [0, 0.05) is 23.6 Å². The summed E-state index contributed by atoms with van der Waals surface area (Å²) in [4.78, 5) is 8.07. The second-order valence-electron chi connectivity index (χ2n) is 4.63. The molecule has 0 aromatic carbocycles. The highest BCUT2D eigenvalue weighted by Crippen LogP contribution is 2.47. The van der Waals surface area contributed by atoms with E-state index in [9.17, 15) is 0 Å². The standard InChI is InChI=1S/C12H19BrN2/c1-2-12(5-3-4-6-12)10(13)9-11-14-7-8-15-11/h7-8,10H,2-6,9H2,1H3,(H,14,15). The van der Waals surface area contributed by atoms with E-state index < -0.39 is 0 Å². The molecule has 1 aliphatic carbocycles. The number of alkyl halides is 1. The summed E-state index contributed by atoms with van der Waals surface area (Å²) >= 11 is 3.88. The highest BCUT2D eigenvalue weighted by Gasteiger charge is 2.38. The van der Waals surface area contributed by atoms with Gasteiger partial charge >= 0.3 is 0 Å².